The molecule has 3 heterocycles. The molecule has 3 rings (SSSR count). The molecule has 0 N–H and O–H groups in total. The van der Waals surface area contributed by atoms with E-state index in [1.165, 1.54) is 70.4 Å². The van der Waals surface area contributed by atoms with Crippen LogP contribution in [0.3, 0.4) is 0 Å². The average molecular weight is 350 g/mol. The Kier molecular flexibility index (Phi) is 6.73. The minimum absolute atomic E-state index is 0.713. The summed E-state index contributed by atoms with van der Waals surface area (Å²) in [7, 11) is 4.43. The second-order valence-electron chi connectivity index (χ2n) is 8.08. The Labute approximate surface area is 152 Å². The first-order chi connectivity index (χ1) is 11.6. The maximum atomic E-state index is 2.66. The van der Waals surface area contributed by atoms with Crippen LogP contribution >= 0.6 is 11.3 Å². The van der Waals surface area contributed by atoms with Crippen molar-refractivity contribution in [1.82, 2.24) is 14.7 Å². The molecule has 24 heavy (non-hydrogen) atoms. The smallest absolute Gasteiger partial charge is 0.0328 e. The lowest BCUT2D eigenvalue weighted by atomic mass is 9.90. The van der Waals surface area contributed by atoms with Gasteiger partial charge in [-0.1, -0.05) is 6.42 Å². The zero-order valence-electron chi connectivity index (χ0n) is 15.8. The Bertz CT molecular complexity index is 485. The van der Waals surface area contributed by atoms with Crippen LogP contribution in [-0.4, -0.2) is 61.0 Å². The lowest BCUT2D eigenvalue weighted by Crippen LogP contribution is -2.41. The fraction of sp³-hybridized carbons (Fsp3) is 0.800. The van der Waals surface area contributed by atoms with Crippen molar-refractivity contribution in [2.45, 2.75) is 58.2 Å². The van der Waals surface area contributed by atoms with Gasteiger partial charge in [0.05, 0.1) is 0 Å². The van der Waals surface area contributed by atoms with E-state index in [1.54, 1.807) is 4.88 Å². The predicted octanol–water partition coefficient (Wildman–Crippen LogP) is 3.90. The van der Waals surface area contributed by atoms with Crippen LogP contribution in [0.2, 0.25) is 0 Å². The first kappa shape index (κ1) is 18.4. The van der Waals surface area contributed by atoms with E-state index >= 15 is 0 Å². The highest BCUT2D eigenvalue weighted by Crippen LogP contribution is 2.26. The molecule has 1 unspecified atom stereocenters. The molecule has 1 aromatic heterocycles. The molecule has 0 aromatic carbocycles. The fourth-order valence-corrected chi connectivity index (χ4v) is 5.13. The van der Waals surface area contributed by atoms with Crippen molar-refractivity contribution in [3.63, 3.8) is 0 Å². The molecule has 2 fully saturated rings. The highest BCUT2D eigenvalue weighted by atomic mass is 32.1. The average Bonchev–Trinajstić information content (AvgIpc) is 3.02. The van der Waals surface area contributed by atoms with Crippen LogP contribution in [0.15, 0.2) is 11.4 Å². The van der Waals surface area contributed by atoms with Gasteiger partial charge in [-0.15, -0.1) is 11.3 Å². The topological polar surface area (TPSA) is 9.72 Å². The van der Waals surface area contributed by atoms with Gasteiger partial charge >= 0.3 is 0 Å². The minimum Gasteiger partial charge on any atom is -0.306 e. The summed E-state index contributed by atoms with van der Waals surface area (Å²) in [5.74, 6) is 0.870. The largest absolute Gasteiger partial charge is 0.306 e. The Morgan fingerprint density at radius 2 is 1.71 bits per heavy atom. The number of nitrogens with zero attached hydrogens (tertiary/aromatic N) is 3. The van der Waals surface area contributed by atoms with E-state index < -0.39 is 0 Å². The maximum absolute atomic E-state index is 2.66. The molecule has 4 heteroatoms. The second kappa shape index (κ2) is 8.79. The molecule has 1 aromatic rings. The SMILES string of the molecule is CC(C1CCN(Cc2cc(CN3CCCCC3)cs2)CC1)N(C)C. The van der Waals surface area contributed by atoms with Crippen molar-refractivity contribution in [3.05, 3.63) is 21.9 Å². The van der Waals surface area contributed by atoms with E-state index in [-0.39, 0.29) is 0 Å². The molecule has 2 aliphatic heterocycles. The summed E-state index contributed by atoms with van der Waals surface area (Å²) in [5, 5.41) is 2.39. The molecule has 2 aliphatic rings. The molecular formula is C20H35N3S. The number of hydrogen-bond donors (Lipinski definition) is 0. The van der Waals surface area contributed by atoms with Crippen molar-refractivity contribution in [2.24, 2.45) is 5.92 Å². The van der Waals surface area contributed by atoms with Crippen molar-refractivity contribution in [2.75, 3.05) is 40.3 Å². The summed E-state index contributed by atoms with van der Waals surface area (Å²) in [4.78, 5) is 9.23. The van der Waals surface area contributed by atoms with Crippen molar-refractivity contribution >= 4 is 11.3 Å². The zero-order chi connectivity index (χ0) is 16.9. The summed E-state index contributed by atoms with van der Waals surface area (Å²) in [6.45, 7) is 9.83. The van der Waals surface area contributed by atoms with E-state index in [4.69, 9.17) is 0 Å². The van der Waals surface area contributed by atoms with E-state index in [1.807, 2.05) is 11.3 Å². The third-order valence-corrected chi connectivity index (χ3v) is 7.04. The molecule has 0 radical (unpaired) electrons. The third kappa shape index (κ3) is 5.04. The number of piperidine rings is 2. The molecule has 136 valence electrons. The molecule has 0 saturated carbocycles. The lowest BCUT2D eigenvalue weighted by Gasteiger charge is -2.37. The van der Waals surface area contributed by atoms with Gasteiger partial charge in [-0.3, -0.25) is 9.80 Å². The van der Waals surface area contributed by atoms with Crippen LogP contribution in [0.4, 0.5) is 0 Å². The predicted molar refractivity (Wildman–Crippen MR) is 105 cm³/mol. The Morgan fingerprint density at radius 3 is 2.38 bits per heavy atom. The summed E-state index contributed by atoms with van der Waals surface area (Å²) < 4.78 is 0. The van der Waals surface area contributed by atoms with Gasteiger partial charge in [-0.2, -0.15) is 0 Å². The van der Waals surface area contributed by atoms with E-state index in [9.17, 15) is 0 Å². The molecular weight excluding hydrogens is 314 g/mol. The molecule has 0 amide bonds. The molecule has 0 bridgehead atoms. The maximum Gasteiger partial charge on any atom is 0.0328 e. The second-order valence-corrected chi connectivity index (χ2v) is 9.07. The van der Waals surface area contributed by atoms with Gasteiger partial charge in [-0.25, -0.2) is 0 Å². The molecule has 1 atom stereocenters. The highest BCUT2D eigenvalue weighted by Gasteiger charge is 2.25. The van der Waals surface area contributed by atoms with Crippen LogP contribution in [0, 0.1) is 5.92 Å². The third-order valence-electron chi connectivity index (χ3n) is 6.07. The van der Waals surface area contributed by atoms with E-state index in [0.717, 1.165) is 12.5 Å². The van der Waals surface area contributed by atoms with Crippen LogP contribution in [0.5, 0.6) is 0 Å². The van der Waals surface area contributed by atoms with E-state index in [2.05, 4.69) is 47.2 Å². The van der Waals surface area contributed by atoms with Gasteiger partial charge in [0.2, 0.25) is 0 Å². The fourth-order valence-electron chi connectivity index (χ4n) is 4.20. The molecule has 2 saturated heterocycles. The van der Waals surface area contributed by atoms with Gasteiger partial charge in [0.1, 0.15) is 0 Å². The number of hydrogen-bond acceptors (Lipinski definition) is 4. The van der Waals surface area contributed by atoms with Crippen molar-refractivity contribution in [3.8, 4) is 0 Å². The van der Waals surface area contributed by atoms with Gasteiger partial charge in [0.15, 0.2) is 0 Å². The Hall–Kier alpha value is -0.420. The molecule has 0 aliphatic carbocycles. The number of thiophene rings is 1. The van der Waals surface area contributed by atoms with Gasteiger partial charge in [0, 0.05) is 24.0 Å². The zero-order valence-corrected chi connectivity index (χ0v) is 16.7. The minimum atomic E-state index is 0.713. The first-order valence-corrected chi connectivity index (χ1v) is 10.7. The van der Waals surface area contributed by atoms with Crippen LogP contribution in [0.25, 0.3) is 0 Å². The van der Waals surface area contributed by atoms with Crippen LogP contribution < -0.4 is 0 Å². The lowest BCUT2D eigenvalue weighted by molar-refractivity contribution is 0.122. The first-order valence-electron chi connectivity index (χ1n) is 9.79. The Morgan fingerprint density at radius 1 is 1.04 bits per heavy atom. The summed E-state index contributed by atoms with van der Waals surface area (Å²) in [6.07, 6.45) is 6.90. The van der Waals surface area contributed by atoms with E-state index in [0.29, 0.717) is 6.04 Å². The van der Waals surface area contributed by atoms with Crippen LogP contribution in [-0.2, 0) is 13.1 Å². The van der Waals surface area contributed by atoms with Gasteiger partial charge in [0.25, 0.3) is 0 Å². The van der Waals surface area contributed by atoms with Crippen molar-refractivity contribution < 1.29 is 0 Å². The summed E-state index contributed by atoms with van der Waals surface area (Å²) in [6, 6.07) is 3.18. The molecule has 3 nitrogen and oxygen atoms in total. The van der Waals surface area contributed by atoms with Gasteiger partial charge < -0.3 is 4.90 Å². The Balaban J connectivity index is 1.44. The summed E-state index contributed by atoms with van der Waals surface area (Å²) >= 11 is 1.97. The summed E-state index contributed by atoms with van der Waals surface area (Å²) in [5.41, 5.74) is 1.54. The molecule has 0 spiro atoms. The quantitative estimate of drug-likeness (QED) is 0.771. The number of likely N-dealkylation sites (tertiary alicyclic amines) is 2. The van der Waals surface area contributed by atoms with Crippen molar-refractivity contribution in [1.29, 1.82) is 0 Å². The van der Waals surface area contributed by atoms with Crippen LogP contribution in [0.1, 0.15) is 49.5 Å². The number of rotatable bonds is 6. The normalized spacial score (nSPS) is 23.0. The standard InChI is InChI=1S/C20H35N3S/c1-17(21(2)3)19-7-11-23(12-8-19)15-20-13-18(16-24-20)14-22-9-5-4-6-10-22/h13,16-17,19H,4-12,14-15H2,1-3H3. The monoisotopic (exact) mass is 349 g/mol. The van der Waals surface area contributed by atoms with Gasteiger partial charge in [-0.05, 0) is 95.8 Å². The highest BCUT2D eigenvalue weighted by molar-refractivity contribution is 7.10.